The van der Waals surface area contributed by atoms with Crippen molar-refractivity contribution in [3.05, 3.63) is 41.3 Å². The maximum atomic E-state index is 13.6. The molecular weight excluding hydrogens is 297 g/mol. The van der Waals surface area contributed by atoms with Gasteiger partial charge in [-0.2, -0.15) is 4.98 Å². The Balaban J connectivity index is 0.00000220. The monoisotopic (exact) mass is 315 g/mol. The average molecular weight is 316 g/mol. The summed E-state index contributed by atoms with van der Waals surface area (Å²) in [6.45, 7) is 2.04. The van der Waals surface area contributed by atoms with Crippen LogP contribution in [0.2, 0.25) is 0 Å². The Morgan fingerprint density at radius 1 is 1.43 bits per heavy atom. The Kier molecular flexibility index (Phi) is 6.58. The van der Waals surface area contributed by atoms with Crippen molar-refractivity contribution in [2.75, 3.05) is 14.2 Å². The zero-order valence-corrected chi connectivity index (χ0v) is 13.0. The molecule has 7 heteroatoms. The van der Waals surface area contributed by atoms with Crippen molar-refractivity contribution in [2.45, 2.75) is 25.8 Å². The van der Waals surface area contributed by atoms with Crippen LogP contribution in [0, 0.1) is 5.82 Å². The van der Waals surface area contributed by atoms with Gasteiger partial charge in [-0.05, 0) is 31.7 Å². The standard InChI is InChI=1S/C14H18FN3O2.ClH/c1-9(16-2)6-13-17-14(20-18-13)8-10-4-5-12(19-3)11(15)7-10;/h4-5,7,9,16H,6,8H2,1-3H3;1H. The highest BCUT2D eigenvalue weighted by Crippen LogP contribution is 2.19. The molecule has 0 radical (unpaired) electrons. The molecule has 0 saturated heterocycles. The molecule has 0 amide bonds. The Hall–Kier alpha value is -1.66. The van der Waals surface area contributed by atoms with E-state index >= 15 is 0 Å². The molecule has 0 fully saturated rings. The van der Waals surface area contributed by atoms with E-state index in [2.05, 4.69) is 15.5 Å². The first-order valence-corrected chi connectivity index (χ1v) is 6.43. The molecule has 1 unspecified atom stereocenters. The van der Waals surface area contributed by atoms with Gasteiger partial charge in [-0.1, -0.05) is 11.2 Å². The molecule has 1 aromatic carbocycles. The Morgan fingerprint density at radius 2 is 2.19 bits per heavy atom. The minimum atomic E-state index is -0.395. The lowest BCUT2D eigenvalue weighted by Crippen LogP contribution is -2.24. The fourth-order valence-electron chi connectivity index (χ4n) is 1.82. The van der Waals surface area contributed by atoms with Crippen molar-refractivity contribution in [3.8, 4) is 5.75 Å². The second-order valence-electron chi connectivity index (χ2n) is 4.64. The summed E-state index contributed by atoms with van der Waals surface area (Å²) in [5.41, 5.74) is 0.764. The summed E-state index contributed by atoms with van der Waals surface area (Å²) >= 11 is 0. The molecule has 0 aliphatic carbocycles. The summed E-state index contributed by atoms with van der Waals surface area (Å²) in [7, 11) is 3.32. The lowest BCUT2D eigenvalue weighted by atomic mass is 10.1. The van der Waals surface area contributed by atoms with E-state index in [1.165, 1.54) is 13.2 Å². The van der Waals surface area contributed by atoms with Crippen molar-refractivity contribution in [1.29, 1.82) is 0 Å². The molecule has 21 heavy (non-hydrogen) atoms. The Morgan fingerprint density at radius 3 is 2.81 bits per heavy atom. The van der Waals surface area contributed by atoms with Gasteiger partial charge in [0.25, 0.3) is 0 Å². The maximum Gasteiger partial charge on any atom is 0.231 e. The lowest BCUT2D eigenvalue weighted by Gasteiger charge is -2.04. The summed E-state index contributed by atoms with van der Waals surface area (Å²) < 4.78 is 23.6. The lowest BCUT2D eigenvalue weighted by molar-refractivity contribution is 0.375. The van der Waals surface area contributed by atoms with Crippen molar-refractivity contribution in [2.24, 2.45) is 0 Å². The summed E-state index contributed by atoms with van der Waals surface area (Å²) in [6.07, 6.45) is 1.10. The summed E-state index contributed by atoms with van der Waals surface area (Å²) in [5, 5.41) is 7.02. The van der Waals surface area contributed by atoms with Gasteiger partial charge in [-0.3, -0.25) is 0 Å². The predicted molar refractivity (Wildman–Crippen MR) is 79.5 cm³/mol. The van der Waals surface area contributed by atoms with Crippen LogP contribution >= 0.6 is 12.4 Å². The molecule has 2 aromatic rings. The van der Waals surface area contributed by atoms with Gasteiger partial charge in [0.2, 0.25) is 5.89 Å². The highest BCUT2D eigenvalue weighted by atomic mass is 35.5. The number of nitrogens with one attached hydrogen (secondary N) is 1. The number of nitrogens with zero attached hydrogens (tertiary/aromatic N) is 2. The number of likely N-dealkylation sites (N-methyl/N-ethyl adjacent to an activating group) is 1. The van der Waals surface area contributed by atoms with E-state index in [4.69, 9.17) is 9.26 Å². The van der Waals surface area contributed by atoms with E-state index in [0.29, 0.717) is 24.6 Å². The third-order valence-corrected chi connectivity index (χ3v) is 3.06. The van der Waals surface area contributed by atoms with Crippen LogP contribution in [-0.2, 0) is 12.8 Å². The molecule has 0 saturated carbocycles. The quantitative estimate of drug-likeness (QED) is 0.887. The summed E-state index contributed by atoms with van der Waals surface area (Å²) in [6, 6.07) is 5.06. The number of methoxy groups -OCH3 is 1. The van der Waals surface area contributed by atoms with E-state index < -0.39 is 5.82 Å². The average Bonchev–Trinajstić information content (AvgIpc) is 2.86. The zero-order valence-electron chi connectivity index (χ0n) is 12.2. The number of ether oxygens (including phenoxy) is 1. The fraction of sp³-hybridized carbons (Fsp3) is 0.429. The zero-order chi connectivity index (χ0) is 14.5. The molecule has 1 heterocycles. The first kappa shape index (κ1) is 17.4. The first-order chi connectivity index (χ1) is 9.62. The van der Waals surface area contributed by atoms with Crippen LogP contribution in [0.25, 0.3) is 0 Å². The minimum absolute atomic E-state index is 0. The van der Waals surface area contributed by atoms with Crippen LogP contribution in [0.5, 0.6) is 5.75 Å². The van der Waals surface area contributed by atoms with Gasteiger partial charge < -0.3 is 14.6 Å². The SMILES string of the molecule is CNC(C)Cc1noc(Cc2ccc(OC)c(F)c2)n1.Cl. The highest BCUT2D eigenvalue weighted by molar-refractivity contribution is 5.85. The third kappa shape index (κ3) is 4.68. The van der Waals surface area contributed by atoms with Gasteiger partial charge in [0.05, 0.1) is 13.5 Å². The number of hydrogen-bond donors (Lipinski definition) is 1. The fourth-order valence-corrected chi connectivity index (χ4v) is 1.82. The van der Waals surface area contributed by atoms with Gasteiger partial charge in [0, 0.05) is 12.5 Å². The smallest absolute Gasteiger partial charge is 0.231 e. The van der Waals surface area contributed by atoms with Gasteiger partial charge in [0.1, 0.15) is 0 Å². The maximum absolute atomic E-state index is 13.6. The van der Waals surface area contributed by atoms with Crippen LogP contribution < -0.4 is 10.1 Å². The van der Waals surface area contributed by atoms with Crippen LogP contribution in [0.4, 0.5) is 4.39 Å². The molecule has 0 aliphatic rings. The van der Waals surface area contributed by atoms with E-state index in [-0.39, 0.29) is 24.2 Å². The number of halogens is 2. The minimum Gasteiger partial charge on any atom is -0.494 e. The molecule has 2 rings (SSSR count). The summed E-state index contributed by atoms with van der Waals surface area (Å²) in [5.74, 6) is 0.958. The molecule has 0 bridgehead atoms. The molecule has 116 valence electrons. The molecule has 1 atom stereocenters. The predicted octanol–water partition coefficient (Wildman–Crippen LogP) is 2.38. The van der Waals surface area contributed by atoms with Crippen molar-refractivity contribution >= 4 is 12.4 Å². The van der Waals surface area contributed by atoms with Gasteiger partial charge in [0.15, 0.2) is 17.4 Å². The molecule has 1 aromatic heterocycles. The molecule has 1 N–H and O–H groups in total. The van der Waals surface area contributed by atoms with E-state index in [9.17, 15) is 4.39 Å². The van der Waals surface area contributed by atoms with Crippen molar-refractivity contribution < 1.29 is 13.7 Å². The van der Waals surface area contributed by atoms with Crippen LogP contribution in [0.1, 0.15) is 24.2 Å². The number of aromatic nitrogens is 2. The second-order valence-corrected chi connectivity index (χ2v) is 4.64. The van der Waals surface area contributed by atoms with Gasteiger partial charge >= 0.3 is 0 Å². The van der Waals surface area contributed by atoms with Gasteiger partial charge in [-0.15, -0.1) is 12.4 Å². The van der Waals surface area contributed by atoms with Crippen molar-refractivity contribution in [1.82, 2.24) is 15.5 Å². The highest BCUT2D eigenvalue weighted by Gasteiger charge is 2.11. The third-order valence-electron chi connectivity index (χ3n) is 3.06. The van der Waals surface area contributed by atoms with E-state index in [0.717, 1.165) is 5.56 Å². The van der Waals surface area contributed by atoms with Gasteiger partial charge in [-0.25, -0.2) is 4.39 Å². The van der Waals surface area contributed by atoms with E-state index in [1.807, 2.05) is 14.0 Å². The number of benzene rings is 1. The number of rotatable bonds is 6. The van der Waals surface area contributed by atoms with Crippen molar-refractivity contribution in [3.63, 3.8) is 0 Å². The molecule has 0 spiro atoms. The largest absolute Gasteiger partial charge is 0.494 e. The molecule has 0 aliphatic heterocycles. The molecular formula is C14H19ClFN3O2. The first-order valence-electron chi connectivity index (χ1n) is 6.43. The second kappa shape index (κ2) is 7.95. The van der Waals surface area contributed by atoms with E-state index in [1.54, 1.807) is 12.1 Å². The van der Waals surface area contributed by atoms with Crippen LogP contribution in [-0.4, -0.2) is 30.3 Å². The summed E-state index contributed by atoms with van der Waals surface area (Å²) in [4.78, 5) is 4.29. The molecule has 5 nitrogen and oxygen atoms in total. The number of hydrogen-bond acceptors (Lipinski definition) is 5. The normalized spacial score (nSPS) is 11.8. The van der Waals surface area contributed by atoms with Crippen LogP contribution in [0.15, 0.2) is 22.7 Å². The van der Waals surface area contributed by atoms with Crippen LogP contribution in [0.3, 0.4) is 0 Å². The topological polar surface area (TPSA) is 60.2 Å². The Labute approximate surface area is 129 Å². The Bertz CT molecular complexity index is 577.